The van der Waals surface area contributed by atoms with Crippen LogP contribution in [0.3, 0.4) is 0 Å². The SMILES string of the molecule is CCCCC(CC)COC(=O)c1sc2c(-c3cc4c(OCC(CC)CCCC)c5s[c]([Sn]([CH](C)C)([CH](C)C)[CH](C)C)cc5c(OCC(CC)CCCC)c4s3)sc(-c3cc4c(OCC(CC)CCCC)c5s[c]([Sn]([CH](C)C)([CH](C)C)[CH](C)C)cc5c(OCC(CC)CCCC)c4s3)c2c1F. The van der Waals surface area contributed by atoms with Crippen molar-refractivity contribution in [1.82, 2.24) is 0 Å². The molecule has 0 amide bonds. The van der Waals surface area contributed by atoms with Crippen LogP contribution < -0.4 is 24.7 Å². The summed E-state index contributed by atoms with van der Waals surface area (Å²) >= 11 is 4.06. The van der Waals surface area contributed by atoms with Gasteiger partial charge in [0.05, 0.1) is 6.61 Å². The van der Waals surface area contributed by atoms with Gasteiger partial charge in [-0.15, -0.1) is 0 Å². The summed E-state index contributed by atoms with van der Waals surface area (Å²) in [5.74, 6) is 4.64. The number of halogens is 1. The van der Waals surface area contributed by atoms with E-state index in [1.54, 1.807) is 39.8 Å². The number of ether oxygens (including phenoxy) is 5. The van der Waals surface area contributed by atoms with Gasteiger partial charge in [0.2, 0.25) is 0 Å². The van der Waals surface area contributed by atoms with Gasteiger partial charge in [-0.3, -0.25) is 0 Å². The van der Waals surface area contributed by atoms with Crippen molar-refractivity contribution < 1.29 is 32.9 Å². The topological polar surface area (TPSA) is 63.2 Å². The van der Waals surface area contributed by atoms with Crippen LogP contribution in [0.15, 0.2) is 24.3 Å². The fourth-order valence-corrected chi connectivity index (χ4v) is 73.8. The van der Waals surface area contributed by atoms with Gasteiger partial charge in [0.1, 0.15) is 0 Å². The molecule has 5 unspecified atom stereocenters. The molecule has 15 heteroatoms. The number of unbranched alkanes of at least 4 members (excludes halogenated alkanes) is 5. The van der Waals surface area contributed by atoms with Crippen molar-refractivity contribution in [2.24, 2.45) is 29.6 Å². The average Bonchev–Trinajstić information content (AvgIpc) is 1.56. The second-order valence-electron chi connectivity index (χ2n) is 31.7. The number of benzene rings is 2. The van der Waals surface area contributed by atoms with Crippen molar-refractivity contribution in [2.75, 3.05) is 33.0 Å². The Morgan fingerprint density at radius 3 is 0.960 bits per heavy atom. The number of thiophene rings is 6. The van der Waals surface area contributed by atoms with E-state index < -0.39 is 48.5 Å². The fourth-order valence-electron chi connectivity index (χ4n) is 17.3. The van der Waals surface area contributed by atoms with Crippen LogP contribution in [-0.2, 0) is 4.74 Å². The third-order valence-corrected chi connectivity index (χ3v) is 75.4. The Balaban J connectivity index is 1.49. The van der Waals surface area contributed by atoms with E-state index in [4.69, 9.17) is 23.7 Å². The molecule has 2 aromatic carbocycles. The molecule has 0 radical (unpaired) electrons. The normalized spacial score (nSPS) is 14.3. The summed E-state index contributed by atoms with van der Waals surface area (Å²) < 4.78 is 67.0. The summed E-state index contributed by atoms with van der Waals surface area (Å²) in [7, 11) is 0. The monoisotopic (exact) mass is 1700 g/mol. The molecule has 0 bridgehead atoms. The second kappa shape index (κ2) is 38.8. The van der Waals surface area contributed by atoms with E-state index in [9.17, 15) is 4.79 Å². The average molecular weight is 1700 g/mol. The number of carbonyl (C=O) groups is 1. The third-order valence-electron chi connectivity index (χ3n) is 23.5. The van der Waals surface area contributed by atoms with Gasteiger partial charge in [-0.2, -0.15) is 0 Å². The second-order valence-corrected chi connectivity index (χ2v) is 73.5. The Labute approximate surface area is 637 Å². The standard InChI is InChI=1S/C67H89FO6S6.6C3H7.2Sn/c1-11-21-26-42(16-6)37-70-55-47-31-33-75-59(47)57(72-39-44(18-8)28-23-13-3)49-35-51(77-61(49)55)63-53-54(68)66(67(69)74-41-46(20-10)30-25-15-5)80-65(53)64(79-63)52-36-50-58(73-40-45(19-9)29-24-14-4)60-48(32-34-76-60)56(62(50)78-52)71-38-43(17-7)27-22-12-2;6*1-3-2;;/h31-32,35-36,42-46H,11-30,37-41H2,1-10H3;6*3H,1-2H3;;. The molecule has 0 spiro atoms. The van der Waals surface area contributed by atoms with Crippen LogP contribution in [0.4, 0.5) is 4.39 Å². The molecular formula is C85H131FO6S6Sn2. The molecule has 558 valence electrons. The van der Waals surface area contributed by atoms with Gasteiger partial charge < -0.3 is 4.74 Å². The molecule has 0 N–H and O–H groups in total. The molecule has 6 heterocycles. The first-order valence-electron chi connectivity index (χ1n) is 40.0. The molecule has 0 aliphatic rings. The minimum absolute atomic E-state index is 0.0475. The Morgan fingerprint density at radius 2 is 0.660 bits per heavy atom. The van der Waals surface area contributed by atoms with E-state index >= 15 is 4.39 Å². The first kappa shape index (κ1) is 83.8. The quantitative estimate of drug-likeness (QED) is 0.0280. The Kier molecular flexibility index (Phi) is 32.5. The molecule has 0 fully saturated rings. The molecule has 8 rings (SSSR count). The predicted octanol–water partition coefficient (Wildman–Crippen LogP) is 29.8. The van der Waals surface area contributed by atoms with Gasteiger partial charge in [0, 0.05) is 0 Å². The first-order valence-corrected chi connectivity index (χ1v) is 57.6. The molecule has 6 aromatic heterocycles. The maximum atomic E-state index is 18.6. The zero-order valence-electron chi connectivity index (χ0n) is 66.1. The van der Waals surface area contributed by atoms with Gasteiger partial charge >= 0.3 is 583 Å². The summed E-state index contributed by atoms with van der Waals surface area (Å²) in [5.41, 5.74) is 0. The van der Waals surface area contributed by atoms with Crippen LogP contribution in [0.25, 0.3) is 69.9 Å². The number of hydrogen-bond acceptors (Lipinski definition) is 12. The molecule has 0 saturated heterocycles. The van der Waals surface area contributed by atoms with Crippen LogP contribution in [0, 0.1) is 35.4 Å². The van der Waals surface area contributed by atoms with Crippen LogP contribution in [-0.4, -0.2) is 75.8 Å². The van der Waals surface area contributed by atoms with Crippen LogP contribution in [0.2, 0.25) is 23.6 Å². The van der Waals surface area contributed by atoms with Crippen LogP contribution >= 0.6 is 68.0 Å². The Morgan fingerprint density at radius 1 is 0.370 bits per heavy atom. The van der Waals surface area contributed by atoms with Crippen molar-refractivity contribution in [3.63, 3.8) is 0 Å². The zero-order valence-corrected chi connectivity index (χ0v) is 76.7. The first-order chi connectivity index (χ1) is 48.0. The van der Waals surface area contributed by atoms with Crippen molar-refractivity contribution in [1.29, 1.82) is 0 Å². The van der Waals surface area contributed by atoms with E-state index in [2.05, 4.69) is 177 Å². The number of esters is 1. The van der Waals surface area contributed by atoms with Crippen molar-refractivity contribution in [2.45, 2.75) is 304 Å². The van der Waals surface area contributed by atoms with Gasteiger partial charge in [0.25, 0.3) is 0 Å². The maximum absolute atomic E-state index is 18.6. The number of hydrogen-bond donors (Lipinski definition) is 0. The molecule has 5 atom stereocenters. The Hall–Kier alpha value is -1.86. The summed E-state index contributed by atoms with van der Waals surface area (Å²) in [4.78, 5) is 18.6. The molecular weight excluding hydrogens is 1570 g/mol. The zero-order chi connectivity index (χ0) is 72.9. The van der Waals surface area contributed by atoms with Crippen molar-refractivity contribution in [3.8, 4) is 42.5 Å². The van der Waals surface area contributed by atoms with Crippen LogP contribution in [0.1, 0.15) is 290 Å². The number of carbonyl (C=O) groups excluding carboxylic acids is 1. The van der Waals surface area contributed by atoms with Gasteiger partial charge in [-0.1, -0.05) is 33.1 Å². The predicted molar refractivity (Wildman–Crippen MR) is 452 cm³/mol. The fraction of sp³-hybridized carbons (Fsp3) is 0.682. The van der Waals surface area contributed by atoms with E-state index in [1.165, 1.54) is 57.2 Å². The molecule has 6 nitrogen and oxygen atoms in total. The molecule has 0 aliphatic carbocycles. The minimum atomic E-state index is -3.20. The van der Waals surface area contributed by atoms with Crippen molar-refractivity contribution >= 4 is 167 Å². The molecule has 8 aromatic rings. The van der Waals surface area contributed by atoms with Crippen LogP contribution in [0.5, 0.6) is 23.0 Å². The summed E-state index contributed by atoms with van der Waals surface area (Å²) in [5, 5.41) is 4.96. The van der Waals surface area contributed by atoms with Gasteiger partial charge in [-0.25, -0.2) is 4.79 Å². The summed E-state index contributed by atoms with van der Waals surface area (Å²) in [6.07, 6.45) is 22.0. The third kappa shape index (κ3) is 17.8. The van der Waals surface area contributed by atoms with E-state index in [0.717, 1.165) is 170 Å². The number of rotatable bonds is 45. The summed E-state index contributed by atoms with van der Waals surface area (Å²) in [6.45, 7) is 55.7. The van der Waals surface area contributed by atoms with Gasteiger partial charge in [-0.05, 0) is 12.3 Å². The number of fused-ring (bicyclic) bond motifs is 5. The summed E-state index contributed by atoms with van der Waals surface area (Å²) in [6, 6.07) is 9.88. The molecule has 0 saturated carbocycles. The Bertz CT molecular complexity index is 3680. The van der Waals surface area contributed by atoms with E-state index in [-0.39, 0.29) is 17.4 Å². The van der Waals surface area contributed by atoms with E-state index in [1.807, 2.05) is 22.7 Å². The van der Waals surface area contributed by atoms with Crippen molar-refractivity contribution in [3.05, 3.63) is 35.0 Å². The van der Waals surface area contributed by atoms with Gasteiger partial charge in [0.15, 0.2) is 0 Å². The molecule has 100 heavy (non-hydrogen) atoms. The van der Waals surface area contributed by atoms with E-state index in [0.29, 0.717) is 79.1 Å². The molecule has 0 aliphatic heterocycles.